The SMILES string of the molecule is Cc1cc(-c2ccc(S(=O)(=O)NCCc3ccccc3)s2)on1. The van der Waals surface area contributed by atoms with Crippen LogP contribution in [-0.4, -0.2) is 20.1 Å². The number of hydrogen-bond donors (Lipinski definition) is 1. The summed E-state index contributed by atoms with van der Waals surface area (Å²) < 4.78 is 32.7. The zero-order valence-corrected chi connectivity index (χ0v) is 14.2. The lowest BCUT2D eigenvalue weighted by Crippen LogP contribution is -2.25. The van der Waals surface area contributed by atoms with Crippen LogP contribution < -0.4 is 4.72 Å². The van der Waals surface area contributed by atoms with Crippen LogP contribution in [0, 0.1) is 6.92 Å². The first kappa shape index (κ1) is 15.9. The van der Waals surface area contributed by atoms with Crippen molar-refractivity contribution in [3.63, 3.8) is 0 Å². The second-order valence-corrected chi connectivity index (χ2v) is 8.16. The molecule has 7 heteroatoms. The van der Waals surface area contributed by atoms with Gasteiger partial charge in [-0.15, -0.1) is 11.3 Å². The molecular weight excluding hydrogens is 332 g/mol. The molecule has 1 aromatic carbocycles. The van der Waals surface area contributed by atoms with E-state index in [0.29, 0.717) is 18.7 Å². The molecule has 0 aliphatic rings. The predicted molar refractivity (Wildman–Crippen MR) is 89.9 cm³/mol. The van der Waals surface area contributed by atoms with Gasteiger partial charge in [0.2, 0.25) is 10.0 Å². The number of nitrogens with zero attached hydrogens (tertiary/aromatic N) is 1. The summed E-state index contributed by atoms with van der Waals surface area (Å²) in [6, 6.07) is 14.9. The number of rotatable bonds is 6. The molecule has 0 aliphatic carbocycles. The Balaban J connectivity index is 1.67. The van der Waals surface area contributed by atoms with E-state index in [4.69, 9.17) is 4.52 Å². The van der Waals surface area contributed by atoms with Gasteiger partial charge >= 0.3 is 0 Å². The lowest BCUT2D eigenvalue weighted by molar-refractivity contribution is 0.428. The molecule has 1 N–H and O–H groups in total. The molecule has 0 saturated carbocycles. The summed E-state index contributed by atoms with van der Waals surface area (Å²) >= 11 is 1.17. The summed E-state index contributed by atoms with van der Waals surface area (Å²) in [4.78, 5) is 0.744. The van der Waals surface area contributed by atoms with Crippen molar-refractivity contribution < 1.29 is 12.9 Å². The molecule has 120 valence electrons. The van der Waals surface area contributed by atoms with E-state index in [1.165, 1.54) is 11.3 Å². The van der Waals surface area contributed by atoms with Gasteiger partial charge in [-0.25, -0.2) is 13.1 Å². The van der Waals surface area contributed by atoms with Crippen molar-refractivity contribution >= 4 is 21.4 Å². The van der Waals surface area contributed by atoms with Crippen molar-refractivity contribution in [1.82, 2.24) is 9.88 Å². The molecule has 0 amide bonds. The van der Waals surface area contributed by atoms with Crippen LogP contribution >= 0.6 is 11.3 Å². The minimum Gasteiger partial charge on any atom is -0.355 e. The summed E-state index contributed by atoms with van der Waals surface area (Å²) in [7, 11) is -3.50. The predicted octanol–water partition coefficient (Wildman–Crippen LogP) is 3.23. The zero-order chi connectivity index (χ0) is 16.3. The van der Waals surface area contributed by atoms with E-state index in [-0.39, 0.29) is 4.21 Å². The van der Waals surface area contributed by atoms with Gasteiger partial charge in [0.1, 0.15) is 4.21 Å². The average Bonchev–Trinajstić information content (AvgIpc) is 3.17. The van der Waals surface area contributed by atoms with E-state index in [0.717, 1.165) is 16.1 Å². The molecule has 2 heterocycles. The molecule has 3 rings (SSSR count). The third-order valence-corrected chi connectivity index (χ3v) is 6.32. The van der Waals surface area contributed by atoms with E-state index >= 15 is 0 Å². The molecule has 23 heavy (non-hydrogen) atoms. The molecule has 0 bridgehead atoms. The Morgan fingerprint density at radius 2 is 1.96 bits per heavy atom. The normalized spacial score (nSPS) is 11.7. The van der Waals surface area contributed by atoms with Crippen LogP contribution in [0.4, 0.5) is 0 Å². The van der Waals surface area contributed by atoms with E-state index in [1.54, 1.807) is 18.2 Å². The Hall–Kier alpha value is -1.96. The average molecular weight is 348 g/mol. The lowest BCUT2D eigenvalue weighted by Gasteiger charge is -2.04. The number of hydrogen-bond acceptors (Lipinski definition) is 5. The first-order valence-electron chi connectivity index (χ1n) is 7.12. The maximum Gasteiger partial charge on any atom is 0.250 e. The fourth-order valence-electron chi connectivity index (χ4n) is 2.12. The van der Waals surface area contributed by atoms with E-state index in [9.17, 15) is 8.42 Å². The smallest absolute Gasteiger partial charge is 0.250 e. The summed E-state index contributed by atoms with van der Waals surface area (Å²) in [6.45, 7) is 2.18. The van der Waals surface area contributed by atoms with Crippen molar-refractivity contribution in [2.24, 2.45) is 0 Å². The molecular formula is C16H16N2O3S2. The molecule has 0 fully saturated rings. The van der Waals surface area contributed by atoms with Gasteiger partial charge in [-0.2, -0.15) is 0 Å². The topological polar surface area (TPSA) is 72.2 Å². The molecule has 0 aliphatic heterocycles. The van der Waals surface area contributed by atoms with Gasteiger partial charge in [0.05, 0.1) is 10.6 Å². The van der Waals surface area contributed by atoms with Crippen LogP contribution in [-0.2, 0) is 16.4 Å². The summed E-state index contributed by atoms with van der Waals surface area (Å²) in [5.41, 5.74) is 1.86. The molecule has 2 aromatic heterocycles. The summed E-state index contributed by atoms with van der Waals surface area (Å²) in [6.07, 6.45) is 0.652. The Bertz CT molecular complexity index is 883. The Morgan fingerprint density at radius 3 is 2.65 bits per heavy atom. The van der Waals surface area contributed by atoms with Gasteiger partial charge in [-0.05, 0) is 31.0 Å². The molecule has 3 aromatic rings. The summed E-state index contributed by atoms with van der Waals surface area (Å²) in [5, 5.41) is 3.81. The fraction of sp³-hybridized carbons (Fsp3) is 0.188. The molecule has 0 spiro atoms. The molecule has 5 nitrogen and oxygen atoms in total. The number of sulfonamides is 1. The third kappa shape index (κ3) is 3.87. The Labute approximate surface area is 139 Å². The van der Waals surface area contributed by atoms with E-state index in [1.807, 2.05) is 37.3 Å². The maximum atomic E-state index is 12.3. The van der Waals surface area contributed by atoms with Gasteiger partial charge in [0.25, 0.3) is 0 Å². The maximum absolute atomic E-state index is 12.3. The lowest BCUT2D eigenvalue weighted by atomic mass is 10.2. The zero-order valence-electron chi connectivity index (χ0n) is 12.5. The Morgan fingerprint density at radius 1 is 1.17 bits per heavy atom. The van der Waals surface area contributed by atoms with Crippen LogP contribution in [0.1, 0.15) is 11.3 Å². The standard InChI is InChI=1S/C16H16N2O3S2/c1-12-11-14(21-18-12)15-7-8-16(22-15)23(19,20)17-10-9-13-5-3-2-4-6-13/h2-8,11,17H,9-10H2,1H3. The second-order valence-electron chi connectivity index (χ2n) is 5.08. The van der Waals surface area contributed by atoms with Gasteiger partial charge in [0.15, 0.2) is 5.76 Å². The van der Waals surface area contributed by atoms with E-state index in [2.05, 4.69) is 9.88 Å². The van der Waals surface area contributed by atoms with Crippen molar-refractivity contribution in [1.29, 1.82) is 0 Å². The molecule has 0 radical (unpaired) electrons. The number of benzene rings is 1. The Kier molecular flexibility index (Phi) is 4.61. The first-order valence-corrected chi connectivity index (χ1v) is 9.42. The number of aromatic nitrogens is 1. The van der Waals surface area contributed by atoms with E-state index < -0.39 is 10.0 Å². The number of aryl methyl sites for hydroxylation is 1. The minimum atomic E-state index is -3.50. The monoisotopic (exact) mass is 348 g/mol. The highest BCUT2D eigenvalue weighted by Crippen LogP contribution is 2.30. The molecule has 0 saturated heterocycles. The van der Waals surface area contributed by atoms with Crippen molar-refractivity contribution in [3.8, 4) is 10.6 Å². The highest BCUT2D eigenvalue weighted by atomic mass is 32.2. The highest BCUT2D eigenvalue weighted by Gasteiger charge is 2.18. The fourth-order valence-corrected chi connectivity index (χ4v) is 4.45. The highest BCUT2D eigenvalue weighted by molar-refractivity contribution is 7.91. The van der Waals surface area contributed by atoms with Crippen LogP contribution in [0.25, 0.3) is 10.6 Å². The van der Waals surface area contributed by atoms with Crippen LogP contribution in [0.3, 0.4) is 0 Å². The van der Waals surface area contributed by atoms with Crippen molar-refractivity contribution in [2.45, 2.75) is 17.6 Å². The van der Waals surface area contributed by atoms with Crippen LogP contribution in [0.5, 0.6) is 0 Å². The van der Waals surface area contributed by atoms with Crippen LogP contribution in [0.2, 0.25) is 0 Å². The van der Waals surface area contributed by atoms with Gasteiger partial charge in [-0.3, -0.25) is 0 Å². The second kappa shape index (κ2) is 6.66. The largest absolute Gasteiger partial charge is 0.355 e. The minimum absolute atomic E-state index is 0.273. The summed E-state index contributed by atoms with van der Waals surface area (Å²) in [5.74, 6) is 0.582. The number of nitrogens with one attached hydrogen (secondary N) is 1. The molecule has 0 atom stereocenters. The van der Waals surface area contributed by atoms with Crippen LogP contribution in [0.15, 0.2) is 57.3 Å². The van der Waals surface area contributed by atoms with Gasteiger partial charge in [0, 0.05) is 12.6 Å². The quantitative estimate of drug-likeness (QED) is 0.742. The molecule has 0 unspecified atom stereocenters. The third-order valence-electron chi connectivity index (χ3n) is 3.27. The van der Waals surface area contributed by atoms with Gasteiger partial charge in [-0.1, -0.05) is 35.5 Å². The van der Waals surface area contributed by atoms with Crippen molar-refractivity contribution in [3.05, 3.63) is 59.8 Å². The number of thiophene rings is 1. The van der Waals surface area contributed by atoms with Gasteiger partial charge < -0.3 is 4.52 Å². The van der Waals surface area contributed by atoms with Crippen molar-refractivity contribution in [2.75, 3.05) is 6.54 Å². The first-order chi connectivity index (χ1) is 11.0.